The number of halogens is 1. The molecule has 0 saturated heterocycles. The summed E-state index contributed by atoms with van der Waals surface area (Å²) < 4.78 is 12.8. The van der Waals surface area contributed by atoms with Crippen molar-refractivity contribution in [3.05, 3.63) is 11.4 Å². The van der Waals surface area contributed by atoms with E-state index in [9.17, 15) is 4.39 Å². The van der Waals surface area contributed by atoms with Gasteiger partial charge in [0.05, 0.1) is 0 Å². The first-order chi connectivity index (χ1) is 4.84. The smallest absolute Gasteiger partial charge is 0.215 e. The fourth-order valence-electron chi connectivity index (χ4n) is 1.55. The molecule has 0 aromatic heterocycles. The van der Waals surface area contributed by atoms with Crippen molar-refractivity contribution in [2.45, 2.75) is 31.9 Å². The van der Waals surface area contributed by atoms with Crippen molar-refractivity contribution in [2.24, 2.45) is 5.92 Å². The van der Waals surface area contributed by atoms with E-state index in [4.69, 9.17) is 6.57 Å². The van der Waals surface area contributed by atoms with Gasteiger partial charge in [-0.25, -0.2) is 11.0 Å². The molecular weight excluding hydrogens is 129 g/mol. The van der Waals surface area contributed by atoms with Gasteiger partial charge in [-0.2, -0.15) is 0 Å². The van der Waals surface area contributed by atoms with Crippen molar-refractivity contribution in [2.75, 3.05) is 6.54 Å². The molecule has 0 aliphatic heterocycles. The van der Waals surface area contributed by atoms with E-state index in [2.05, 4.69) is 4.85 Å². The minimum Gasteiger partial charge on any atom is -0.317 e. The lowest BCUT2D eigenvalue weighted by molar-refractivity contribution is 0.257. The highest BCUT2D eigenvalue weighted by Crippen LogP contribution is 2.30. The molecule has 1 rings (SSSR count). The summed E-state index contributed by atoms with van der Waals surface area (Å²) in [5.41, 5.74) is 0. The monoisotopic (exact) mass is 141 g/mol. The number of rotatable bonds is 2. The van der Waals surface area contributed by atoms with Crippen LogP contribution < -0.4 is 0 Å². The summed E-state index contributed by atoms with van der Waals surface area (Å²) >= 11 is 0. The Morgan fingerprint density at radius 3 is 2.80 bits per heavy atom. The Labute approximate surface area is 61.1 Å². The summed E-state index contributed by atoms with van der Waals surface area (Å²) in [6.45, 7) is 7.04. The van der Waals surface area contributed by atoms with Crippen molar-refractivity contribution in [3.63, 3.8) is 0 Å². The normalized spacial score (nSPS) is 32.0. The molecule has 0 aromatic rings. The zero-order chi connectivity index (χ0) is 7.40. The molecule has 0 spiro atoms. The quantitative estimate of drug-likeness (QED) is 0.520. The van der Waals surface area contributed by atoms with Crippen LogP contribution in [0.1, 0.15) is 25.7 Å². The van der Waals surface area contributed by atoms with Gasteiger partial charge in [-0.1, -0.05) is 6.42 Å². The summed E-state index contributed by atoms with van der Waals surface area (Å²) in [4.78, 5) is 3.22. The van der Waals surface area contributed by atoms with E-state index in [1.807, 2.05) is 0 Å². The molecule has 0 heterocycles. The van der Waals surface area contributed by atoms with Crippen LogP contribution in [0.3, 0.4) is 0 Å². The minimum atomic E-state index is -0.609. The zero-order valence-electron chi connectivity index (χ0n) is 6.02. The highest BCUT2D eigenvalue weighted by molar-refractivity contribution is 4.79. The SMILES string of the molecule is [C-]#[N+]CCC1CCCC1F. The second-order valence-corrected chi connectivity index (χ2v) is 2.88. The molecule has 0 aromatic carbocycles. The van der Waals surface area contributed by atoms with Gasteiger partial charge in [-0.3, -0.25) is 0 Å². The van der Waals surface area contributed by atoms with E-state index >= 15 is 0 Å². The van der Waals surface area contributed by atoms with Crippen molar-refractivity contribution >= 4 is 0 Å². The van der Waals surface area contributed by atoms with Gasteiger partial charge >= 0.3 is 0 Å². The van der Waals surface area contributed by atoms with Crippen LogP contribution in [0, 0.1) is 12.5 Å². The summed E-state index contributed by atoms with van der Waals surface area (Å²) in [6.07, 6.45) is 2.90. The molecule has 2 atom stereocenters. The number of nitrogens with zero attached hydrogens (tertiary/aromatic N) is 1. The molecule has 0 N–H and O–H groups in total. The highest BCUT2D eigenvalue weighted by Gasteiger charge is 2.26. The lowest BCUT2D eigenvalue weighted by atomic mass is 10.0. The third-order valence-corrected chi connectivity index (χ3v) is 2.18. The van der Waals surface area contributed by atoms with Gasteiger partial charge in [0.25, 0.3) is 0 Å². The minimum absolute atomic E-state index is 0.203. The van der Waals surface area contributed by atoms with Crippen molar-refractivity contribution in [1.82, 2.24) is 0 Å². The third kappa shape index (κ3) is 1.70. The van der Waals surface area contributed by atoms with Crippen molar-refractivity contribution < 1.29 is 4.39 Å². The topological polar surface area (TPSA) is 4.36 Å². The molecule has 1 fully saturated rings. The van der Waals surface area contributed by atoms with E-state index in [1.54, 1.807) is 0 Å². The Hall–Kier alpha value is -0.580. The van der Waals surface area contributed by atoms with Gasteiger partial charge in [-0.15, -0.1) is 0 Å². The Balaban J connectivity index is 2.21. The molecule has 1 saturated carbocycles. The molecule has 2 heteroatoms. The second kappa shape index (κ2) is 3.55. The molecule has 2 unspecified atom stereocenters. The van der Waals surface area contributed by atoms with Crippen LogP contribution >= 0.6 is 0 Å². The van der Waals surface area contributed by atoms with Crippen molar-refractivity contribution in [1.29, 1.82) is 0 Å². The maximum atomic E-state index is 12.8. The maximum Gasteiger partial charge on any atom is 0.215 e. The molecular formula is C8H12FN. The molecule has 10 heavy (non-hydrogen) atoms. The molecule has 1 aliphatic carbocycles. The lowest BCUT2D eigenvalue weighted by Crippen LogP contribution is -2.08. The number of hydrogen-bond acceptors (Lipinski definition) is 0. The molecule has 0 bridgehead atoms. The van der Waals surface area contributed by atoms with Gasteiger partial charge in [0.2, 0.25) is 6.54 Å². The van der Waals surface area contributed by atoms with E-state index in [1.165, 1.54) is 0 Å². The van der Waals surface area contributed by atoms with E-state index in [0.717, 1.165) is 25.7 Å². The van der Waals surface area contributed by atoms with Crippen LogP contribution in [0.15, 0.2) is 0 Å². The number of hydrogen-bond donors (Lipinski definition) is 0. The largest absolute Gasteiger partial charge is 0.317 e. The van der Waals surface area contributed by atoms with Crippen LogP contribution in [0.25, 0.3) is 4.85 Å². The maximum absolute atomic E-state index is 12.8. The van der Waals surface area contributed by atoms with Gasteiger partial charge in [0.1, 0.15) is 6.17 Å². The van der Waals surface area contributed by atoms with Gasteiger partial charge < -0.3 is 4.85 Å². The predicted molar refractivity (Wildman–Crippen MR) is 38.3 cm³/mol. The predicted octanol–water partition coefficient (Wildman–Crippen LogP) is 2.43. The molecule has 1 aliphatic rings. The highest BCUT2D eigenvalue weighted by atomic mass is 19.1. The molecule has 0 amide bonds. The van der Waals surface area contributed by atoms with Crippen LogP contribution in [-0.2, 0) is 0 Å². The Morgan fingerprint density at radius 1 is 1.50 bits per heavy atom. The van der Waals surface area contributed by atoms with Gasteiger partial charge in [-0.05, 0) is 18.8 Å². The van der Waals surface area contributed by atoms with Crippen LogP contribution in [0.5, 0.6) is 0 Å². The summed E-state index contributed by atoms with van der Waals surface area (Å²) in [6, 6.07) is 0. The fourth-order valence-corrected chi connectivity index (χ4v) is 1.55. The summed E-state index contributed by atoms with van der Waals surface area (Å²) in [5, 5.41) is 0. The summed E-state index contributed by atoms with van der Waals surface area (Å²) in [5.74, 6) is 0.203. The Morgan fingerprint density at radius 2 is 2.30 bits per heavy atom. The zero-order valence-corrected chi connectivity index (χ0v) is 6.02. The van der Waals surface area contributed by atoms with E-state index in [-0.39, 0.29) is 5.92 Å². The van der Waals surface area contributed by atoms with E-state index < -0.39 is 6.17 Å². The summed E-state index contributed by atoms with van der Waals surface area (Å²) in [7, 11) is 0. The molecule has 0 radical (unpaired) electrons. The average molecular weight is 141 g/mol. The average Bonchev–Trinajstić information content (AvgIpc) is 2.31. The first-order valence-corrected chi connectivity index (χ1v) is 3.82. The van der Waals surface area contributed by atoms with Crippen molar-refractivity contribution in [3.8, 4) is 0 Å². The standard InChI is InChI=1S/C8H12FN/c1-10-6-5-7-3-2-4-8(7)9/h7-8H,2-6H2. The molecule has 1 nitrogen and oxygen atoms in total. The first kappa shape index (κ1) is 7.53. The molecule has 56 valence electrons. The van der Waals surface area contributed by atoms with Crippen LogP contribution in [0.2, 0.25) is 0 Å². The van der Waals surface area contributed by atoms with Gasteiger partial charge in [0, 0.05) is 6.42 Å². The van der Waals surface area contributed by atoms with E-state index in [0.29, 0.717) is 6.54 Å². The first-order valence-electron chi connectivity index (χ1n) is 3.82. The fraction of sp³-hybridized carbons (Fsp3) is 0.875. The lowest BCUT2D eigenvalue weighted by Gasteiger charge is -2.06. The van der Waals surface area contributed by atoms with Crippen LogP contribution in [-0.4, -0.2) is 12.7 Å². The van der Waals surface area contributed by atoms with Crippen LogP contribution in [0.4, 0.5) is 4.39 Å². The Kier molecular flexibility index (Phi) is 2.68. The Bertz CT molecular complexity index is 139. The number of alkyl halides is 1. The second-order valence-electron chi connectivity index (χ2n) is 2.88. The van der Waals surface area contributed by atoms with Gasteiger partial charge in [0.15, 0.2) is 0 Å². The third-order valence-electron chi connectivity index (χ3n) is 2.18.